The van der Waals surface area contributed by atoms with E-state index in [1.165, 1.54) is 36.2 Å². The van der Waals surface area contributed by atoms with Crippen LogP contribution in [0.3, 0.4) is 0 Å². The van der Waals surface area contributed by atoms with Crippen LogP contribution in [0.4, 0.5) is 22.4 Å². The average molecular weight is 347 g/mol. The van der Waals surface area contributed by atoms with Gasteiger partial charge in [0, 0.05) is 26.1 Å². The van der Waals surface area contributed by atoms with Crippen LogP contribution in [0, 0.1) is 5.82 Å². The second-order valence-electron chi connectivity index (χ2n) is 5.53. The Balaban J connectivity index is 2.22. The van der Waals surface area contributed by atoms with Crippen LogP contribution in [0.1, 0.15) is 17.9 Å². The van der Waals surface area contributed by atoms with Gasteiger partial charge >= 0.3 is 18.1 Å². The van der Waals surface area contributed by atoms with E-state index in [1.54, 1.807) is 0 Å². The molecule has 1 heterocycles. The van der Waals surface area contributed by atoms with Crippen molar-refractivity contribution in [1.82, 2.24) is 15.5 Å². The van der Waals surface area contributed by atoms with Gasteiger partial charge in [-0.15, -0.1) is 0 Å². The van der Waals surface area contributed by atoms with Crippen molar-refractivity contribution in [3.63, 3.8) is 0 Å². The minimum Gasteiger partial charge on any atom is -0.343 e. The molecule has 5 nitrogen and oxygen atoms in total. The van der Waals surface area contributed by atoms with Gasteiger partial charge in [-0.25, -0.2) is 9.18 Å². The smallest absolute Gasteiger partial charge is 0.343 e. The van der Waals surface area contributed by atoms with Crippen LogP contribution >= 0.6 is 0 Å². The van der Waals surface area contributed by atoms with Gasteiger partial charge in [0.15, 0.2) is 0 Å². The summed E-state index contributed by atoms with van der Waals surface area (Å²) in [5, 5.41) is 4.35. The molecule has 0 aromatic heterocycles. The molecule has 1 aromatic rings. The van der Waals surface area contributed by atoms with Gasteiger partial charge in [-0.1, -0.05) is 12.1 Å². The first-order valence-electron chi connectivity index (χ1n) is 7.32. The van der Waals surface area contributed by atoms with Gasteiger partial charge in [-0.05, 0) is 24.1 Å². The molecule has 132 valence electrons. The molecule has 2 rings (SSSR count). The van der Waals surface area contributed by atoms with Crippen LogP contribution in [0.15, 0.2) is 24.3 Å². The second kappa shape index (κ2) is 7.06. The number of hydrogen-bond acceptors (Lipinski definition) is 2. The van der Waals surface area contributed by atoms with Gasteiger partial charge < -0.3 is 15.5 Å². The fraction of sp³-hybridized carbons (Fsp3) is 0.467. The van der Waals surface area contributed by atoms with E-state index in [1.807, 2.05) is 5.32 Å². The molecule has 0 bridgehead atoms. The number of carbonyl (C=O) groups excluding carboxylic acids is 2. The van der Waals surface area contributed by atoms with Crippen molar-refractivity contribution in [2.45, 2.75) is 24.6 Å². The van der Waals surface area contributed by atoms with Crippen LogP contribution in [-0.4, -0.2) is 49.2 Å². The first kappa shape index (κ1) is 18.0. The maximum Gasteiger partial charge on any atom is 0.471 e. The van der Waals surface area contributed by atoms with Crippen molar-refractivity contribution in [2.24, 2.45) is 0 Å². The van der Waals surface area contributed by atoms with Gasteiger partial charge in [0.25, 0.3) is 0 Å². The summed E-state index contributed by atoms with van der Waals surface area (Å²) < 4.78 is 50.7. The molecular formula is C15H17F4N3O2. The van der Waals surface area contributed by atoms with E-state index in [0.717, 1.165) is 0 Å². The molecule has 1 aliphatic heterocycles. The van der Waals surface area contributed by atoms with E-state index in [9.17, 15) is 27.2 Å². The Bertz CT molecular complexity index is 604. The first-order valence-corrected chi connectivity index (χ1v) is 7.32. The zero-order chi connectivity index (χ0) is 17.9. The number of nitrogens with zero attached hydrogens (tertiary/aromatic N) is 1. The third kappa shape index (κ3) is 4.15. The highest BCUT2D eigenvalue weighted by Crippen LogP contribution is 2.29. The van der Waals surface area contributed by atoms with Gasteiger partial charge in [0.2, 0.25) is 0 Å². The highest BCUT2D eigenvalue weighted by molar-refractivity contribution is 5.82. The second-order valence-corrected chi connectivity index (χ2v) is 5.53. The van der Waals surface area contributed by atoms with Gasteiger partial charge in [-0.3, -0.25) is 4.79 Å². The lowest BCUT2D eigenvalue weighted by Crippen LogP contribution is -2.56. The summed E-state index contributed by atoms with van der Waals surface area (Å²) in [5.41, 5.74) is 0.612. The summed E-state index contributed by atoms with van der Waals surface area (Å²) in [6, 6.07) is 4.02. The van der Waals surface area contributed by atoms with E-state index < -0.39 is 35.9 Å². The zero-order valence-electron chi connectivity index (χ0n) is 12.9. The van der Waals surface area contributed by atoms with Crippen LogP contribution in [0.25, 0.3) is 0 Å². The Kier molecular flexibility index (Phi) is 5.30. The van der Waals surface area contributed by atoms with E-state index in [0.29, 0.717) is 18.5 Å². The lowest BCUT2D eigenvalue weighted by molar-refractivity contribution is -0.174. The minimum absolute atomic E-state index is 0.0659. The molecule has 0 saturated carbocycles. The number of alkyl halides is 3. The molecule has 9 heteroatoms. The fourth-order valence-electron chi connectivity index (χ4n) is 2.80. The van der Waals surface area contributed by atoms with Crippen molar-refractivity contribution in [2.75, 3.05) is 20.1 Å². The Hall–Kier alpha value is -2.32. The molecular weight excluding hydrogens is 330 g/mol. The average Bonchev–Trinajstić information content (AvgIpc) is 2.54. The number of piperidine rings is 1. The molecule has 0 spiro atoms. The number of nitrogens with one attached hydrogen (secondary N) is 2. The number of hydrogen-bond donors (Lipinski definition) is 2. The fourth-order valence-corrected chi connectivity index (χ4v) is 2.80. The maximum absolute atomic E-state index is 13.1. The predicted octanol–water partition coefficient (Wildman–Crippen LogP) is 2.00. The van der Waals surface area contributed by atoms with Crippen molar-refractivity contribution >= 4 is 11.9 Å². The van der Waals surface area contributed by atoms with E-state index >= 15 is 0 Å². The largest absolute Gasteiger partial charge is 0.471 e. The maximum atomic E-state index is 13.1. The third-order valence-electron chi connectivity index (χ3n) is 3.99. The SMILES string of the molecule is CNC(=O)N1CC[C@H](c2ccc(F)cc2)[C@@H](NC(=O)C(F)(F)F)C1. The number of halogens is 4. The summed E-state index contributed by atoms with van der Waals surface area (Å²) in [6.07, 6.45) is -4.66. The summed E-state index contributed by atoms with van der Waals surface area (Å²) in [7, 11) is 1.41. The predicted molar refractivity (Wildman–Crippen MR) is 77.8 cm³/mol. The lowest BCUT2D eigenvalue weighted by atomic mass is 9.85. The zero-order valence-corrected chi connectivity index (χ0v) is 12.9. The van der Waals surface area contributed by atoms with E-state index in [4.69, 9.17) is 0 Å². The van der Waals surface area contributed by atoms with Crippen LogP contribution < -0.4 is 10.6 Å². The van der Waals surface area contributed by atoms with Crippen LogP contribution in [-0.2, 0) is 4.79 Å². The van der Waals surface area contributed by atoms with Crippen molar-refractivity contribution in [1.29, 1.82) is 0 Å². The summed E-state index contributed by atoms with van der Waals surface area (Å²) in [5.74, 6) is -2.96. The number of carbonyl (C=O) groups is 2. The lowest BCUT2D eigenvalue weighted by Gasteiger charge is -2.39. The molecule has 1 aromatic carbocycles. The Labute approximate surface area is 136 Å². The van der Waals surface area contributed by atoms with Gasteiger partial charge in [-0.2, -0.15) is 13.2 Å². The quantitative estimate of drug-likeness (QED) is 0.804. The number of urea groups is 1. The van der Waals surface area contributed by atoms with Crippen LogP contribution in [0.5, 0.6) is 0 Å². The Morgan fingerprint density at radius 1 is 1.21 bits per heavy atom. The van der Waals surface area contributed by atoms with Crippen molar-refractivity contribution in [3.05, 3.63) is 35.6 Å². The molecule has 0 unspecified atom stereocenters. The van der Waals surface area contributed by atoms with Gasteiger partial charge in [0.1, 0.15) is 5.82 Å². The number of rotatable bonds is 2. The molecule has 1 saturated heterocycles. The monoisotopic (exact) mass is 347 g/mol. The first-order chi connectivity index (χ1) is 11.2. The van der Waals surface area contributed by atoms with E-state index in [-0.39, 0.29) is 6.54 Å². The number of amides is 3. The van der Waals surface area contributed by atoms with E-state index in [2.05, 4.69) is 5.32 Å². The standard InChI is InChI=1S/C15H17F4N3O2/c1-20-14(24)22-7-6-11(9-2-4-10(16)5-3-9)12(8-22)21-13(23)15(17,18)19/h2-5,11-12H,6-8H2,1H3,(H,20,24)(H,21,23)/t11-,12+/m1/s1. The topological polar surface area (TPSA) is 61.4 Å². The minimum atomic E-state index is -5.01. The normalized spacial score (nSPS) is 21.3. The highest BCUT2D eigenvalue weighted by atomic mass is 19.4. The molecule has 0 radical (unpaired) electrons. The summed E-state index contributed by atoms with van der Waals surface area (Å²) >= 11 is 0. The summed E-state index contributed by atoms with van der Waals surface area (Å²) in [4.78, 5) is 24.3. The number of benzene rings is 1. The molecule has 1 aliphatic rings. The van der Waals surface area contributed by atoms with Gasteiger partial charge in [0.05, 0.1) is 6.04 Å². The van der Waals surface area contributed by atoms with Crippen LogP contribution in [0.2, 0.25) is 0 Å². The third-order valence-corrected chi connectivity index (χ3v) is 3.99. The number of likely N-dealkylation sites (tertiary alicyclic amines) is 1. The molecule has 24 heavy (non-hydrogen) atoms. The van der Waals surface area contributed by atoms with Crippen molar-refractivity contribution in [3.8, 4) is 0 Å². The Morgan fingerprint density at radius 2 is 1.83 bits per heavy atom. The molecule has 1 fully saturated rings. The Morgan fingerprint density at radius 3 is 2.38 bits per heavy atom. The molecule has 2 atom stereocenters. The molecule has 2 N–H and O–H groups in total. The molecule has 3 amide bonds. The summed E-state index contributed by atoms with van der Waals surface area (Å²) in [6.45, 7) is 0.254. The van der Waals surface area contributed by atoms with Crippen molar-refractivity contribution < 1.29 is 27.2 Å². The molecule has 0 aliphatic carbocycles. The highest BCUT2D eigenvalue weighted by Gasteiger charge is 2.42.